The number of carboxylic acid groups (broad SMARTS) is 2. The van der Waals surface area contributed by atoms with Gasteiger partial charge in [0.15, 0.2) is 11.5 Å². The molecule has 0 saturated carbocycles. The number of aromatic nitrogens is 6. The maximum Gasteiger partial charge on any atom is 0.337 e. The Morgan fingerprint density at radius 3 is 1.54 bits per heavy atom. The average Bonchev–Trinajstić information content (AvgIpc) is 3.68. The third-order valence-electron chi connectivity index (χ3n) is 5.33. The normalized spacial score (nSPS) is 10.5. The van der Waals surface area contributed by atoms with Crippen LogP contribution in [-0.2, 0) is 0 Å². The van der Waals surface area contributed by atoms with Crippen LogP contribution >= 0.6 is 0 Å². The van der Waals surface area contributed by atoms with Crippen molar-refractivity contribution < 1.29 is 24.2 Å². The maximum absolute atomic E-state index is 11.2. The molecule has 37 heavy (non-hydrogen) atoms. The Labute approximate surface area is 206 Å². The van der Waals surface area contributed by atoms with Crippen LogP contribution < -0.4 is 0 Å². The van der Waals surface area contributed by atoms with Crippen molar-refractivity contribution in [3.05, 3.63) is 83.2 Å². The fourth-order valence-corrected chi connectivity index (χ4v) is 3.53. The fourth-order valence-electron chi connectivity index (χ4n) is 3.53. The van der Waals surface area contributed by atoms with E-state index in [1.165, 1.54) is 45.8 Å². The molecule has 5 rings (SSSR count). The van der Waals surface area contributed by atoms with E-state index in [1.807, 2.05) is 12.1 Å². The molecule has 3 aromatic heterocycles. The summed E-state index contributed by atoms with van der Waals surface area (Å²) in [6.07, 6.45) is 3.12. The summed E-state index contributed by atoms with van der Waals surface area (Å²) in [5.74, 6) is -1.66. The van der Waals surface area contributed by atoms with Gasteiger partial charge in [0, 0.05) is 0 Å². The van der Waals surface area contributed by atoms with Crippen LogP contribution in [0.2, 0.25) is 0 Å². The minimum Gasteiger partial charge on any atom is -0.478 e. The van der Waals surface area contributed by atoms with Gasteiger partial charge >= 0.3 is 11.9 Å². The van der Waals surface area contributed by atoms with Gasteiger partial charge in [-0.15, -0.1) is 10.2 Å². The Hall–Kier alpha value is -6.08. The van der Waals surface area contributed by atoms with E-state index in [1.54, 1.807) is 24.5 Å². The summed E-state index contributed by atoms with van der Waals surface area (Å²) >= 11 is 0. The predicted molar refractivity (Wildman–Crippen MR) is 123 cm³/mol. The first kappa shape index (κ1) is 22.7. The maximum atomic E-state index is 11.2. The summed E-state index contributed by atoms with van der Waals surface area (Å²) in [5.41, 5.74) is 1.40. The molecule has 0 fully saturated rings. The molecule has 0 spiro atoms. The second kappa shape index (κ2) is 8.94. The Morgan fingerprint density at radius 1 is 0.730 bits per heavy atom. The van der Waals surface area contributed by atoms with Crippen molar-refractivity contribution in [3.8, 4) is 46.4 Å². The lowest BCUT2D eigenvalue weighted by molar-refractivity contribution is 0.0685. The molecule has 5 aromatic rings. The molecule has 13 heteroatoms. The Bertz CT molecular complexity index is 1650. The van der Waals surface area contributed by atoms with Crippen molar-refractivity contribution in [2.75, 3.05) is 0 Å². The highest BCUT2D eigenvalue weighted by Gasteiger charge is 2.17. The molecule has 0 radical (unpaired) electrons. The van der Waals surface area contributed by atoms with E-state index in [2.05, 4.69) is 20.6 Å². The van der Waals surface area contributed by atoms with E-state index in [-0.39, 0.29) is 22.3 Å². The van der Waals surface area contributed by atoms with Crippen molar-refractivity contribution in [2.24, 2.45) is 0 Å². The summed E-state index contributed by atoms with van der Waals surface area (Å²) in [6.45, 7) is 0. The number of hydrogen-bond acceptors (Lipinski definition) is 9. The molecule has 0 aliphatic rings. The molecule has 0 aliphatic carbocycles. The standard InChI is InChI=1S/C24H12N8O5/c25-9-13-7-15(1-3-17(13)23(33)34)31-11-19(27-29-31)21-5-6-22(37-21)20-12-32(30-28-20)16-2-4-18(24(35)36)14(8-16)10-26/h1-8,11-12H,(H,33,34)(H,35,36). The van der Waals surface area contributed by atoms with Crippen LogP contribution in [0.15, 0.2) is 65.3 Å². The summed E-state index contributed by atoms with van der Waals surface area (Å²) in [5, 5.41) is 53.1. The van der Waals surface area contributed by atoms with Gasteiger partial charge < -0.3 is 14.6 Å². The van der Waals surface area contributed by atoms with Crippen LogP contribution in [0, 0.1) is 22.7 Å². The monoisotopic (exact) mass is 492 g/mol. The number of nitrogens with zero attached hydrogens (tertiary/aromatic N) is 8. The van der Waals surface area contributed by atoms with E-state index in [0.717, 1.165) is 0 Å². The van der Waals surface area contributed by atoms with Gasteiger partial charge in [-0.1, -0.05) is 10.4 Å². The van der Waals surface area contributed by atoms with Gasteiger partial charge in [0.2, 0.25) is 0 Å². The molecule has 0 unspecified atom stereocenters. The fraction of sp³-hybridized carbons (Fsp3) is 0. The molecule has 13 nitrogen and oxygen atoms in total. The molecule has 0 aliphatic heterocycles. The first-order valence-corrected chi connectivity index (χ1v) is 10.4. The number of nitriles is 2. The number of carbonyl (C=O) groups is 2. The van der Waals surface area contributed by atoms with Crippen LogP contribution in [0.5, 0.6) is 0 Å². The minimum absolute atomic E-state index is 0.00934. The van der Waals surface area contributed by atoms with E-state index in [9.17, 15) is 30.3 Å². The van der Waals surface area contributed by atoms with Gasteiger partial charge in [-0.2, -0.15) is 10.5 Å². The largest absolute Gasteiger partial charge is 0.478 e. The van der Waals surface area contributed by atoms with E-state index in [0.29, 0.717) is 34.3 Å². The van der Waals surface area contributed by atoms with E-state index >= 15 is 0 Å². The molecule has 2 aromatic carbocycles. The summed E-state index contributed by atoms with van der Waals surface area (Å²) in [7, 11) is 0. The van der Waals surface area contributed by atoms with Crippen molar-refractivity contribution in [1.82, 2.24) is 30.0 Å². The first-order chi connectivity index (χ1) is 17.9. The highest BCUT2D eigenvalue weighted by Crippen LogP contribution is 2.27. The van der Waals surface area contributed by atoms with Gasteiger partial charge in [-0.05, 0) is 48.5 Å². The van der Waals surface area contributed by atoms with Crippen molar-refractivity contribution in [2.45, 2.75) is 0 Å². The number of rotatable bonds is 6. The van der Waals surface area contributed by atoms with Gasteiger partial charge in [0.05, 0.1) is 46.0 Å². The molecule has 0 atom stereocenters. The summed E-state index contributed by atoms with van der Waals surface area (Å²) in [4.78, 5) is 22.5. The Balaban J connectivity index is 1.40. The molecule has 3 heterocycles. The lowest BCUT2D eigenvalue weighted by atomic mass is 10.1. The number of benzene rings is 2. The smallest absolute Gasteiger partial charge is 0.337 e. The number of hydrogen-bond donors (Lipinski definition) is 2. The van der Waals surface area contributed by atoms with Gasteiger partial charge in [0.1, 0.15) is 23.5 Å². The summed E-state index contributed by atoms with van der Waals surface area (Å²) < 4.78 is 8.62. The third-order valence-corrected chi connectivity index (χ3v) is 5.33. The second-order valence-corrected chi connectivity index (χ2v) is 7.55. The Morgan fingerprint density at radius 2 is 1.16 bits per heavy atom. The Kier molecular flexibility index (Phi) is 5.48. The zero-order valence-electron chi connectivity index (χ0n) is 18.5. The van der Waals surface area contributed by atoms with Gasteiger partial charge in [0.25, 0.3) is 0 Å². The van der Waals surface area contributed by atoms with E-state index in [4.69, 9.17) is 4.42 Å². The lowest BCUT2D eigenvalue weighted by Gasteiger charge is -2.03. The van der Waals surface area contributed by atoms with Crippen LogP contribution in [-0.4, -0.2) is 52.1 Å². The molecule has 0 amide bonds. The minimum atomic E-state index is -1.20. The predicted octanol–water partition coefficient (Wildman–Crippen LogP) is 2.91. The molecular weight excluding hydrogens is 480 g/mol. The zero-order valence-corrected chi connectivity index (χ0v) is 18.5. The molecule has 2 N–H and O–H groups in total. The zero-order chi connectivity index (χ0) is 26.1. The molecule has 178 valence electrons. The van der Waals surface area contributed by atoms with Gasteiger partial charge in [-0.25, -0.2) is 19.0 Å². The molecule has 0 saturated heterocycles. The van der Waals surface area contributed by atoms with Crippen molar-refractivity contribution >= 4 is 11.9 Å². The number of carboxylic acids is 2. The highest BCUT2D eigenvalue weighted by atomic mass is 16.4. The van der Waals surface area contributed by atoms with Crippen LogP contribution in [0.3, 0.4) is 0 Å². The lowest BCUT2D eigenvalue weighted by Crippen LogP contribution is -2.02. The van der Waals surface area contributed by atoms with Crippen LogP contribution in [0.4, 0.5) is 0 Å². The summed E-state index contributed by atoms with van der Waals surface area (Å²) in [6, 6.07) is 15.5. The highest BCUT2D eigenvalue weighted by molar-refractivity contribution is 5.91. The molecule has 0 bridgehead atoms. The van der Waals surface area contributed by atoms with Crippen molar-refractivity contribution in [3.63, 3.8) is 0 Å². The first-order valence-electron chi connectivity index (χ1n) is 10.4. The average molecular weight is 492 g/mol. The number of furan rings is 1. The quantitative estimate of drug-likeness (QED) is 0.353. The second-order valence-electron chi connectivity index (χ2n) is 7.55. The topological polar surface area (TPSA) is 197 Å². The van der Waals surface area contributed by atoms with E-state index < -0.39 is 11.9 Å². The third kappa shape index (κ3) is 4.16. The van der Waals surface area contributed by atoms with Crippen molar-refractivity contribution in [1.29, 1.82) is 10.5 Å². The van der Waals surface area contributed by atoms with Crippen LogP contribution in [0.1, 0.15) is 31.8 Å². The van der Waals surface area contributed by atoms with Gasteiger partial charge in [-0.3, -0.25) is 0 Å². The number of aromatic carboxylic acids is 2. The molecular formula is C24H12N8O5. The van der Waals surface area contributed by atoms with Crippen LogP contribution in [0.25, 0.3) is 34.3 Å². The SMILES string of the molecule is N#Cc1cc(-n2cc(-c3ccc(-c4cn(-c5ccc(C(=O)O)c(C#N)c5)nn4)o3)nn2)ccc1C(=O)O.